The molecular formula is C23H19F6N5O2. The minimum Gasteiger partial charge on any atom is -0.391 e. The number of alkyl halides is 3. The minimum absolute atomic E-state index is 0.0175. The fraction of sp³-hybridized carbons (Fsp3) is 0.304. The van der Waals surface area contributed by atoms with Gasteiger partial charge in [-0.05, 0) is 17.2 Å². The van der Waals surface area contributed by atoms with Crippen LogP contribution in [0, 0.1) is 17.5 Å². The van der Waals surface area contributed by atoms with E-state index in [0.29, 0.717) is 12.1 Å². The summed E-state index contributed by atoms with van der Waals surface area (Å²) in [5.74, 6) is -5.37. The molecule has 0 bridgehead atoms. The van der Waals surface area contributed by atoms with Crippen LogP contribution in [0.2, 0.25) is 0 Å². The molecule has 0 atom stereocenters. The summed E-state index contributed by atoms with van der Waals surface area (Å²) in [6.45, 7) is -0.409. The molecule has 0 unspecified atom stereocenters. The van der Waals surface area contributed by atoms with E-state index in [4.69, 9.17) is 4.84 Å². The van der Waals surface area contributed by atoms with Gasteiger partial charge in [0.25, 0.3) is 0 Å². The zero-order chi connectivity index (χ0) is 25.9. The quantitative estimate of drug-likeness (QED) is 0.206. The number of fused-ring (bicyclic) bond motifs is 1. The van der Waals surface area contributed by atoms with Crippen LogP contribution < -0.4 is 0 Å². The second-order valence-corrected chi connectivity index (χ2v) is 8.03. The van der Waals surface area contributed by atoms with Crippen molar-refractivity contribution in [1.82, 2.24) is 19.7 Å². The lowest BCUT2D eigenvalue weighted by Gasteiger charge is -2.28. The van der Waals surface area contributed by atoms with E-state index in [2.05, 4.69) is 15.4 Å². The number of hydrogen-bond donors (Lipinski definition) is 0. The number of benzene rings is 2. The smallest absolute Gasteiger partial charge is 0.391 e. The first-order valence-electron chi connectivity index (χ1n) is 10.7. The Hall–Kier alpha value is -3.90. The van der Waals surface area contributed by atoms with E-state index in [1.54, 1.807) is 30.3 Å². The Labute approximate surface area is 201 Å². The summed E-state index contributed by atoms with van der Waals surface area (Å²) >= 11 is 0. The third-order valence-corrected chi connectivity index (χ3v) is 5.47. The van der Waals surface area contributed by atoms with Crippen molar-refractivity contribution in [2.75, 3.05) is 6.54 Å². The van der Waals surface area contributed by atoms with E-state index in [-0.39, 0.29) is 49.8 Å². The average molecular weight is 511 g/mol. The van der Waals surface area contributed by atoms with Gasteiger partial charge in [-0.1, -0.05) is 35.5 Å². The summed E-state index contributed by atoms with van der Waals surface area (Å²) in [4.78, 5) is 19.5. The van der Waals surface area contributed by atoms with Crippen molar-refractivity contribution in [3.63, 3.8) is 0 Å². The molecule has 0 aliphatic carbocycles. The molecule has 2 heterocycles. The van der Waals surface area contributed by atoms with Crippen molar-refractivity contribution in [3.05, 3.63) is 82.7 Å². The fourth-order valence-electron chi connectivity index (χ4n) is 3.69. The number of nitrogens with zero attached hydrogens (tertiary/aromatic N) is 5. The van der Waals surface area contributed by atoms with Crippen LogP contribution in [0.15, 0.2) is 47.6 Å². The predicted molar refractivity (Wildman–Crippen MR) is 114 cm³/mol. The van der Waals surface area contributed by atoms with Crippen LogP contribution in [-0.2, 0) is 41.9 Å². The second kappa shape index (κ2) is 10.4. The topological polar surface area (TPSA) is 72.6 Å². The van der Waals surface area contributed by atoms with E-state index >= 15 is 0 Å². The zero-order valence-corrected chi connectivity index (χ0v) is 18.6. The Morgan fingerprint density at radius 2 is 1.72 bits per heavy atom. The van der Waals surface area contributed by atoms with E-state index in [0.717, 1.165) is 10.1 Å². The lowest BCUT2D eigenvalue weighted by molar-refractivity contribution is -0.148. The van der Waals surface area contributed by atoms with Gasteiger partial charge in [0.05, 0.1) is 18.7 Å². The standard InChI is InChI=1S/C23H19F6N5O2/c24-17-11-19(26)18(25)9-15(17)8-16(32-36-13-14-4-2-1-3-5-14)10-21(35)33-6-7-34-20(12-33)30-31-22(34)23(27,28)29/h1-5,9,11H,6-8,10,12-13H2. The Bertz CT molecular complexity index is 1280. The summed E-state index contributed by atoms with van der Waals surface area (Å²) in [5, 5.41) is 10.6. The molecule has 1 amide bonds. The van der Waals surface area contributed by atoms with Crippen molar-refractivity contribution in [1.29, 1.82) is 0 Å². The molecule has 0 saturated heterocycles. The maximum Gasteiger partial charge on any atom is 0.451 e. The molecule has 1 aliphatic heterocycles. The first-order chi connectivity index (χ1) is 17.1. The number of carbonyl (C=O) groups excluding carboxylic acids is 1. The van der Waals surface area contributed by atoms with Gasteiger partial charge >= 0.3 is 6.18 Å². The molecular weight excluding hydrogens is 492 g/mol. The molecule has 0 spiro atoms. The van der Waals surface area contributed by atoms with Gasteiger partial charge in [-0.25, -0.2) is 13.2 Å². The molecule has 36 heavy (non-hydrogen) atoms. The second-order valence-electron chi connectivity index (χ2n) is 8.03. The summed E-state index contributed by atoms with van der Waals surface area (Å²) in [7, 11) is 0. The van der Waals surface area contributed by atoms with E-state index in [1.165, 1.54) is 4.90 Å². The third kappa shape index (κ3) is 5.83. The Kier molecular flexibility index (Phi) is 7.27. The van der Waals surface area contributed by atoms with Crippen LogP contribution in [0.3, 0.4) is 0 Å². The Balaban J connectivity index is 1.50. The van der Waals surface area contributed by atoms with Crippen molar-refractivity contribution < 1.29 is 36.0 Å². The molecule has 3 aromatic rings. The van der Waals surface area contributed by atoms with E-state index in [1.807, 2.05) is 0 Å². The first kappa shape index (κ1) is 25.2. The highest BCUT2D eigenvalue weighted by Crippen LogP contribution is 2.29. The van der Waals surface area contributed by atoms with Gasteiger partial charge < -0.3 is 14.3 Å². The number of amides is 1. The average Bonchev–Trinajstić information content (AvgIpc) is 3.27. The summed E-state index contributed by atoms with van der Waals surface area (Å²) in [6, 6.07) is 9.98. The zero-order valence-electron chi connectivity index (χ0n) is 18.6. The summed E-state index contributed by atoms with van der Waals surface area (Å²) in [6.07, 6.45) is -5.43. The number of halogens is 6. The minimum atomic E-state index is -4.68. The molecule has 2 aromatic carbocycles. The van der Waals surface area contributed by atoms with Crippen LogP contribution >= 0.6 is 0 Å². The molecule has 4 rings (SSSR count). The molecule has 13 heteroatoms. The SMILES string of the molecule is O=C(CC(Cc1cc(F)c(F)cc1F)=NOCc1ccccc1)N1CCn2c(nnc2C(F)(F)F)C1. The summed E-state index contributed by atoms with van der Waals surface area (Å²) < 4.78 is 81.3. The van der Waals surface area contributed by atoms with Gasteiger partial charge in [0, 0.05) is 25.6 Å². The maximum absolute atomic E-state index is 14.2. The molecule has 0 saturated carbocycles. The summed E-state index contributed by atoms with van der Waals surface area (Å²) in [5.41, 5.74) is 0.544. The number of carbonyl (C=O) groups is 1. The molecule has 7 nitrogen and oxygen atoms in total. The molecule has 0 N–H and O–H groups in total. The van der Waals surface area contributed by atoms with E-state index in [9.17, 15) is 31.1 Å². The maximum atomic E-state index is 14.2. The van der Waals surface area contributed by atoms with Crippen LogP contribution in [0.5, 0.6) is 0 Å². The van der Waals surface area contributed by atoms with Crippen molar-refractivity contribution in [2.45, 2.75) is 38.7 Å². The van der Waals surface area contributed by atoms with Gasteiger partial charge in [0.2, 0.25) is 11.7 Å². The fourth-order valence-corrected chi connectivity index (χ4v) is 3.69. The monoisotopic (exact) mass is 511 g/mol. The molecule has 0 radical (unpaired) electrons. The van der Waals surface area contributed by atoms with Gasteiger partial charge in [-0.15, -0.1) is 10.2 Å². The highest BCUT2D eigenvalue weighted by atomic mass is 19.4. The van der Waals surface area contributed by atoms with Gasteiger partial charge in [-0.3, -0.25) is 4.79 Å². The van der Waals surface area contributed by atoms with Crippen LogP contribution in [-0.4, -0.2) is 37.8 Å². The normalized spacial score (nSPS) is 14.1. The number of rotatable bonds is 7. The lowest BCUT2D eigenvalue weighted by Crippen LogP contribution is -2.40. The van der Waals surface area contributed by atoms with Gasteiger partial charge in [0.1, 0.15) is 12.4 Å². The highest BCUT2D eigenvalue weighted by molar-refractivity contribution is 6.01. The molecule has 1 aliphatic rings. The van der Waals surface area contributed by atoms with Crippen LogP contribution in [0.4, 0.5) is 26.3 Å². The predicted octanol–water partition coefficient (Wildman–Crippen LogP) is 4.26. The van der Waals surface area contributed by atoms with Gasteiger partial charge in [-0.2, -0.15) is 13.2 Å². The van der Waals surface area contributed by atoms with Crippen molar-refractivity contribution >= 4 is 11.6 Å². The first-order valence-corrected chi connectivity index (χ1v) is 10.7. The molecule has 1 aromatic heterocycles. The Morgan fingerprint density at radius 1 is 1.00 bits per heavy atom. The largest absolute Gasteiger partial charge is 0.451 e. The lowest BCUT2D eigenvalue weighted by atomic mass is 10.0. The van der Waals surface area contributed by atoms with E-state index < -0.39 is 41.8 Å². The number of aromatic nitrogens is 3. The number of oxime groups is 1. The van der Waals surface area contributed by atoms with Crippen molar-refractivity contribution in [3.8, 4) is 0 Å². The third-order valence-electron chi connectivity index (χ3n) is 5.47. The van der Waals surface area contributed by atoms with Crippen LogP contribution in [0.1, 0.15) is 29.2 Å². The van der Waals surface area contributed by atoms with Crippen LogP contribution in [0.25, 0.3) is 0 Å². The molecule has 190 valence electrons. The Morgan fingerprint density at radius 3 is 2.44 bits per heavy atom. The highest BCUT2D eigenvalue weighted by Gasteiger charge is 2.40. The van der Waals surface area contributed by atoms with Gasteiger partial charge in [0.15, 0.2) is 17.5 Å². The van der Waals surface area contributed by atoms with Crippen molar-refractivity contribution in [2.24, 2.45) is 5.16 Å². The number of hydrogen-bond acceptors (Lipinski definition) is 5. The molecule has 0 fully saturated rings.